The van der Waals surface area contributed by atoms with E-state index in [-0.39, 0.29) is 30.4 Å². The van der Waals surface area contributed by atoms with Crippen LogP contribution in [0.15, 0.2) is 0 Å². The lowest BCUT2D eigenvalue weighted by molar-refractivity contribution is -0.150. The van der Waals surface area contributed by atoms with Crippen molar-refractivity contribution in [2.75, 3.05) is 39.5 Å². The van der Waals surface area contributed by atoms with Crippen molar-refractivity contribution < 1.29 is 24.2 Å². The Morgan fingerprint density at radius 1 is 0.356 bits per heavy atom. The normalized spacial score (nSPS) is 11.7. The fourth-order valence-corrected chi connectivity index (χ4v) is 8.59. The molecule has 0 amide bonds. The lowest BCUT2D eigenvalue weighted by Gasteiger charge is -2.22. The highest BCUT2D eigenvalue weighted by molar-refractivity contribution is 5.72. The molecule has 0 saturated heterocycles. The molecule has 0 aliphatic carbocycles. The first kappa shape index (κ1) is 57.9. The number of rotatable bonds is 49. The molecule has 1 N–H and O–H groups in total. The lowest BCUT2D eigenvalue weighted by atomic mass is 9.94. The first-order valence-electron chi connectivity index (χ1n) is 26.7. The van der Waals surface area contributed by atoms with E-state index in [1.165, 1.54) is 167 Å². The highest BCUT2D eigenvalue weighted by Crippen LogP contribution is 2.23. The summed E-state index contributed by atoms with van der Waals surface area (Å²) in [6.07, 6.45) is 46.7. The van der Waals surface area contributed by atoms with E-state index < -0.39 is 0 Å². The average Bonchev–Trinajstić information content (AvgIpc) is 3.24. The Labute approximate surface area is 369 Å². The van der Waals surface area contributed by atoms with Crippen molar-refractivity contribution in [3.05, 3.63) is 0 Å². The highest BCUT2D eigenvalue weighted by atomic mass is 16.5. The lowest BCUT2D eigenvalue weighted by Crippen LogP contribution is -2.28. The molecule has 0 spiro atoms. The van der Waals surface area contributed by atoms with Gasteiger partial charge in [0.2, 0.25) is 0 Å². The summed E-state index contributed by atoms with van der Waals surface area (Å²) in [4.78, 5) is 28.6. The molecule has 0 aliphatic rings. The summed E-state index contributed by atoms with van der Waals surface area (Å²) in [5.41, 5.74) is 0. The zero-order valence-electron chi connectivity index (χ0n) is 40.5. The van der Waals surface area contributed by atoms with Gasteiger partial charge in [-0.25, -0.2) is 0 Å². The third-order valence-electron chi connectivity index (χ3n) is 12.6. The number of hydrogen-bond donors (Lipinski definition) is 1. The molecular weight excluding hydrogens is 731 g/mol. The molecule has 0 fully saturated rings. The van der Waals surface area contributed by atoms with Crippen LogP contribution in [0.25, 0.3) is 0 Å². The first-order chi connectivity index (χ1) is 29.0. The third kappa shape index (κ3) is 40.7. The Balaban J connectivity index is 4.28. The van der Waals surface area contributed by atoms with Gasteiger partial charge in [-0.05, 0) is 70.9 Å². The summed E-state index contributed by atoms with van der Waals surface area (Å²) in [7, 11) is 0. The SMILES string of the molecule is CCCCCCCCC(CCCCCCCC)C(=O)OCCCCCCCN(CCCO)CCCCCCCOC(=O)C(CCCCCCCC)CCCCCCCC. The van der Waals surface area contributed by atoms with Crippen molar-refractivity contribution in [2.24, 2.45) is 11.8 Å². The number of aliphatic hydroxyl groups excluding tert-OH is 1. The third-order valence-corrected chi connectivity index (χ3v) is 12.6. The van der Waals surface area contributed by atoms with Crippen LogP contribution in [-0.4, -0.2) is 61.4 Å². The van der Waals surface area contributed by atoms with Crippen LogP contribution in [0.1, 0.15) is 278 Å². The molecule has 6 heteroatoms. The number of nitrogens with zero attached hydrogens (tertiary/aromatic N) is 1. The van der Waals surface area contributed by atoms with Gasteiger partial charge in [-0.1, -0.05) is 220 Å². The van der Waals surface area contributed by atoms with Crippen LogP contribution in [-0.2, 0) is 19.1 Å². The van der Waals surface area contributed by atoms with E-state index in [2.05, 4.69) is 32.6 Å². The second-order valence-corrected chi connectivity index (χ2v) is 18.4. The van der Waals surface area contributed by atoms with Gasteiger partial charge in [-0.3, -0.25) is 9.59 Å². The van der Waals surface area contributed by atoms with Crippen molar-refractivity contribution in [3.8, 4) is 0 Å². The summed E-state index contributed by atoms with van der Waals surface area (Å²) in [6.45, 7) is 13.6. The van der Waals surface area contributed by atoms with Gasteiger partial charge in [0.05, 0.1) is 25.0 Å². The second-order valence-electron chi connectivity index (χ2n) is 18.4. The van der Waals surface area contributed by atoms with Gasteiger partial charge in [-0.2, -0.15) is 0 Å². The number of ether oxygens (including phenoxy) is 2. The van der Waals surface area contributed by atoms with E-state index in [1.54, 1.807) is 0 Å². The maximum atomic E-state index is 13.0. The molecule has 0 bridgehead atoms. The Morgan fingerprint density at radius 3 is 0.915 bits per heavy atom. The van der Waals surface area contributed by atoms with E-state index >= 15 is 0 Å². The molecule has 0 heterocycles. The predicted octanol–water partition coefficient (Wildman–Crippen LogP) is 15.9. The minimum atomic E-state index is 0.0661. The van der Waals surface area contributed by atoms with Crippen LogP contribution >= 0.6 is 0 Å². The molecule has 0 rings (SSSR count). The molecule has 0 aromatic carbocycles. The quantitative estimate of drug-likeness (QED) is 0.0486. The zero-order chi connectivity index (χ0) is 43.1. The molecule has 6 nitrogen and oxygen atoms in total. The number of carbonyl (C=O) groups is 2. The van der Waals surface area contributed by atoms with E-state index in [0.717, 1.165) is 103 Å². The fraction of sp³-hybridized carbons (Fsp3) is 0.962. The molecule has 0 aromatic rings. The van der Waals surface area contributed by atoms with Crippen molar-refractivity contribution in [3.63, 3.8) is 0 Å². The van der Waals surface area contributed by atoms with Gasteiger partial charge in [0.25, 0.3) is 0 Å². The molecule has 0 atom stereocenters. The van der Waals surface area contributed by atoms with E-state index in [4.69, 9.17) is 9.47 Å². The molecule has 0 aromatic heterocycles. The van der Waals surface area contributed by atoms with E-state index in [1.807, 2.05) is 0 Å². The molecule has 352 valence electrons. The summed E-state index contributed by atoms with van der Waals surface area (Å²) in [6, 6.07) is 0. The molecule has 0 aliphatic heterocycles. The van der Waals surface area contributed by atoms with Gasteiger partial charge in [0.15, 0.2) is 0 Å². The fourth-order valence-electron chi connectivity index (χ4n) is 8.59. The Kier molecular flexibility index (Phi) is 47.0. The van der Waals surface area contributed by atoms with E-state index in [9.17, 15) is 14.7 Å². The molecule has 0 radical (unpaired) electrons. The minimum Gasteiger partial charge on any atom is -0.465 e. The van der Waals surface area contributed by atoms with Crippen LogP contribution in [0, 0.1) is 11.8 Å². The van der Waals surface area contributed by atoms with Crippen LogP contribution in [0.3, 0.4) is 0 Å². The number of aliphatic hydroxyl groups is 1. The van der Waals surface area contributed by atoms with Crippen LogP contribution in [0.2, 0.25) is 0 Å². The number of unbranched alkanes of at least 4 members (excludes halogenated alkanes) is 28. The average molecular weight is 836 g/mol. The van der Waals surface area contributed by atoms with Crippen LogP contribution in [0.4, 0.5) is 0 Å². The summed E-state index contributed by atoms with van der Waals surface area (Å²) < 4.78 is 11.7. The number of esters is 2. The van der Waals surface area contributed by atoms with Crippen molar-refractivity contribution >= 4 is 11.9 Å². The Morgan fingerprint density at radius 2 is 0.610 bits per heavy atom. The highest BCUT2D eigenvalue weighted by Gasteiger charge is 2.20. The largest absolute Gasteiger partial charge is 0.465 e. The van der Waals surface area contributed by atoms with Gasteiger partial charge in [0, 0.05) is 13.2 Å². The predicted molar refractivity (Wildman–Crippen MR) is 255 cm³/mol. The standard InChI is InChI=1S/C53H105NO5/c1-5-9-13-17-23-31-40-50(41-32-24-18-14-10-6-2)52(56)58-48-37-29-21-27-35-44-54(46-39-47-55)45-36-28-22-30-38-49-59-53(57)51(42-33-25-19-15-11-7-3)43-34-26-20-16-12-8-4/h50-51,55H,5-49H2,1-4H3. The van der Waals surface area contributed by atoms with Gasteiger partial charge < -0.3 is 19.5 Å². The zero-order valence-corrected chi connectivity index (χ0v) is 40.5. The van der Waals surface area contributed by atoms with Crippen molar-refractivity contribution in [1.29, 1.82) is 0 Å². The molecule has 59 heavy (non-hydrogen) atoms. The maximum Gasteiger partial charge on any atom is 0.308 e. The van der Waals surface area contributed by atoms with Gasteiger partial charge >= 0.3 is 11.9 Å². The summed E-state index contributed by atoms with van der Waals surface area (Å²) in [5.74, 6) is 0.324. The Hall–Kier alpha value is -1.14. The second kappa shape index (κ2) is 47.9. The van der Waals surface area contributed by atoms with Gasteiger partial charge in [-0.15, -0.1) is 0 Å². The van der Waals surface area contributed by atoms with Crippen molar-refractivity contribution in [2.45, 2.75) is 278 Å². The molecular formula is C53H105NO5. The topological polar surface area (TPSA) is 76.1 Å². The smallest absolute Gasteiger partial charge is 0.308 e. The van der Waals surface area contributed by atoms with Crippen LogP contribution in [0.5, 0.6) is 0 Å². The summed E-state index contributed by atoms with van der Waals surface area (Å²) in [5, 5.41) is 9.48. The summed E-state index contributed by atoms with van der Waals surface area (Å²) >= 11 is 0. The number of hydrogen-bond acceptors (Lipinski definition) is 6. The molecule has 0 saturated carbocycles. The van der Waals surface area contributed by atoms with E-state index in [0.29, 0.717) is 13.2 Å². The van der Waals surface area contributed by atoms with Crippen LogP contribution < -0.4 is 0 Å². The maximum absolute atomic E-state index is 13.0. The molecule has 0 unspecified atom stereocenters. The Bertz CT molecular complexity index is 756. The minimum absolute atomic E-state index is 0.0661. The van der Waals surface area contributed by atoms with Gasteiger partial charge in [0.1, 0.15) is 0 Å². The monoisotopic (exact) mass is 836 g/mol. The first-order valence-corrected chi connectivity index (χ1v) is 26.7. The van der Waals surface area contributed by atoms with Crippen molar-refractivity contribution in [1.82, 2.24) is 4.90 Å². The number of carbonyl (C=O) groups excluding carboxylic acids is 2.